The number of benzene rings is 1. The van der Waals surface area contributed by atoms with Crippen LogP contribution in [-0.4, -0.2) is 39.6 Å². The lowest BCUT2D eigenvalue weighted by Gasteiger charge is -2.18. The SMILES string of the molecule is Cc1nn(-c2ccc(Cl)cc2)cc1C(=O)NC(CO)C(F)(F)F. The highest BCUT2D eigenvalue weighted by Gasteiger charge is 2.40. The molecule has 1 aromatic heterocycles. The second-order valence-corrected chi connectivity index (χ2v) is 5.24. The van der Waals surface area contributed by atoms with Crippen LogP contribution in [0.1, 0.15) is 16.1 Å². The molecular weight excluding hydrogens is 335 g/mol. The Bertz CT molecular complexity index is 698. The Labute approximate surface area is 134 Å². The number of aromatic nitrogens is 2. The molecule has 0 aliphatic rings. The lowest BCUT2D eigenvalue weighted by molar-refractivity contribution is -0.161. The summed E-state index contributed by atoms with van der Waals surface area (Å²) in [4.78, 5) is 12.0. The molecule has 0 fully saturated rings. The van der Waals surface area contributed by atoms with Gasteiger partial charge in [-0.1, -0.05) is 11.6 Å². The Balaban J connectivity index is 2.24. The van der Waals surface area contributed by atoms with E-state index in [1.165, 1.54) is 17.8 Å². The molecule has 1 unspecified atom stereocenters. The van der Waals surface area contributed by atoms with Gasteiger partial charge in [-0.3, -0.25) is 4.79 Å². The van der Waals surface area contributed by atoms with Gasteiger partial charge in [0.2, 0.25) is 0 Å². The van der Waals surface area contributed by atoms with Crippen LogP contribution in [0.4, 0.5) is 13.2 Å². The number of hydrogen-bond donors (Lipinski definition) is 2. The highest BCUT2D eigenvalue weighted by Crippen LogP contribution is 2.21. The summed E-state index contributed by atoms with van der Waals surface area (Å²) in [7, 11) is 0. The molecule has 23 heavy (non-hydrogen) atoms. The molecule has 0 aliphatic carbocycles. The van der Waals surface area contributed by atoms with Crippen LogP contribution in [0.3, 0.4) is 0 Å². The molecule has 0 saturated heterocycles. The first-order valence-electron chi connectivity index (χ1n) is 6.53. The Morgan fingerprint density at radius 3 is 2.52 bits per heavy atom. The number of aryl methyl sites for hydroxylation is 1. The molecule has 0 bridgehead atoms. The van der Waals surface area contributed by atoms with Crippen molar-refractivity contribution in [1.82, 2.24) is 15.1 Å². The standard InChI is InChI=1S/C14H13ClF3N3O2/c1-8-11(13(23)19-12(7-22)14(16,17)18)6-21(20-8)10-4-2-9(15)3-5-10/h2-6,12,22H,7H2,1H3,(H,19,23). The predicted molar refractivity (Wildman–Crippen MR) is 77.7 cm³/mol. The van der Waals surface area contributed by atoms with E-state index in [1.807, 2.05) is 0 Å². The fourth-order valence-electron chi connectivity index (χ4n) is 1.88. The quantitative estimate of drug-likeness (QED) is 0.893. The van der Waals surface area contributed by atoms with E-state index in [1.54, 1.807) is 29.6 Å². The molecule has 0 radical (unpaired) electrons. The highest BCUT2D eigenvalue weighted by atomic mass is 35.5. The molecule has 5 nitrogen and oxygen atoms in total. The highest BCUT2D eigenvalue weighted by molar-refractivity contribution is 6.30. The number of aliphatic hydroxyl groups excluding tert-OH is 1. The van der Waals surface area contributed by atoms with Gasteiger partial charge in [-0.2, -0.15) is 18.3 Å². The zero-order chi connectivity index (χ0) is 17.2. The van der Waals surface area contributed by atoms with Crippen LogP contribution >= 0.6 is 11.6 Å². The maximum atomic E-state index is 12.6. The summed E-state index contributed by atoms with van der Waals surface area (Å²) in [6.45, 7) is 0.266. The van der Waals surface area contributed by atoms with Gasteiger partial charge in [0.25, 0.3) is 5.91 Å². The van der Waals surface area contributed by atoms with E-state index >= 15 is 0 Å². The number of aliphatic hydroxyl groups is 1. The number of rotatable bonds is 4. The third-order valence-corrected chi connectivity index (χ3v) is 3.37. The van der Waals surface area contributed by atoms with Crippen molar-refractivity contribution in [3.8, 4) is 5.69 Å². The van der Waals surface area contributed by atoms with E-state index < -0.39 is 24.7 Å². The summed E-state index contributed by atoms with van der Waals surface area (Å²) in [5.41, 5.74) is 0.852. The minimum Gasteiger partial charge on any atom is -0.394 e. The Morgan fingerprint density at radius 2 is 2.00 bits per heavy atom. The minimum atomic E-state index is -4.73. The Kier molecular flexibility index (Phi) is 4.96. The topological polar surface area (TPSA) is 67.2 Å². The molecule has 1 amide bonds. The zero-order valence-electron chi connectivity index (χ0n) is 11.9. The molecule has 1 atom stereocenters. The fourth-order valence-corrected chi connectivity index (χ4v) is 2.00. The number of halogens is 4. The second kappa shape index (κ2) is 6.59. The third-order valence-electron chi connectivity index (χ3n) is 3.12. The average molecular weight is 348 g/mol. The van der Waals surface area contributed by atoms with Gasteiger partial charge in [0.15, 0.2) is 0 Å². The summed E-state index contributed by atoms with van der Waals surface area (Å²) in [5, 5.41) is 15.1. The number of hydrogen-bond acceptors (Lipinski definition) is 3. The molecule has 124 valence electrons. The van der Waals surface area contributed by atoms with E-state index in [4.69, 9.17) is 16.7 Å². The summed E-state index contributed by atoms with van der Waals surface area (Å²) in [6, 6.07) is 4.23. The molecule has 2 rings (SSSR count). The molecular formula is C14H13ClF3N3O2. The number of alkyl halides is 3. The van der Waals surface area contributed by atoms with E-state index in [-0.39, 0.29) is 11.3 Å². The molecule has 1 heterocycles. The lowest BCUT2D eigenvalue weighted by Crippen LogP contribution is -2.47. The molecule has 9 heteroatoms. The van der Waals surface area contributed by atoms with Crippen molar-refractivity contribution in [3.63, 3.8) is 0 Å². The summed E-state index contributed by atoms with van der Waals surface area (Å²) in [5.74, 6) is -0.959. The first-order chi connectivity index (χ1) is 10.7. The van der Waals surface area contributed by atoms with Crippen LogP contribution in [0.2, 0.25) is 5.02 Å². The molecule has 0 aliphatic heterocycles. The normalized spacial score (nSPS) is 13.0. The fraction of sp³-hybridized carbons (Fsp3) is 0.286. The summed E-state index contributed by atoms with van der Waals surface area (Å²) >= 11 is 5.78. The maximum Gasteiger partial charge on any atom is 0.410 e. The zero-order valence-corrected chi connectivity index (χ0v) is 12.7. The van der Waals surface area contributed by atoms with Gasteiger partial charge >= 0.3 is 6.18 Å². The number of amides is 1. The van der Waals surface area contributed by atoms with Crippen LogP contribution < -0.4 is 5.32 Å². The minimum absolute atomic E-state index is 0.0114. The Morgan fingerprint density at radius 1 is 1.39 bits per heavy atom. The van der Waals surface area contributed by atoms with Crippen molar-refractivity contribution in [3.05, 3.63) is 46.7 Å². The molecule has 0 spiro atoms. The van der Waals surface area contributed by atoms with Crippen molar-refractivity contribution in [2.45, 2.75) is 19.1 Å². The van der Waals surface area contributed by atoms with E-state index in [0.29, 0.717) is 10.7 Å². The first kappa shape index (κ1) is 17.3. The first-order valence-corrected chi connectivity index (χ1v) is 6.91. The molecule has 2 N–H and O–H groups in total. The van der Waals surface area contributed by atoms with Gasteiger partial charge < -0.3 is 10.4 Å². The molecule has 2 aromatic rings. The number of nitrogens with zero attached hydrogens (tertiary/aromatic N) is 2. The van der Waals surface area contributed by atoms with Gasteiger partial charge in [0, 0.05) is 11.2 Å². The van der Waals surface area contributed by atoms with Crippen molar-refractivity contribution in [1.29, 1.82) is 0 Å². The van der Waals surface area contributed by atoms with Crippen LogP contribution in [0.25, 0.3) is 5.69 Å². The molecule has 1 aromatic carbocycles. The van der Waals surface area contributed by atoms with Crippen molar-refractivity contribution in [2.75, 3.05) is 6.61 Å². The predicted octanol–water partition coefficient (Wildman–Crippen LogP) is 2.49. The van der Waals surface area contributed by atoms with E-state index in [2.05, 4.69) is 5.10 Å². The average Bonchev–Trinajstić information content (AvgIpc) is 2.86. The summed E-state index contributed by atoms with van der Waals surface area (Å²) < 4.78 is 39.2. The molecule has 0 saturated carbocycles. The van der Waals surface area contributed by atoms with E-state index in [0.717, 1.165) is 0 Å². The smallest absolute Gasteiger partial charge is 0.394 e. The van der Waals surface area contributed by atoms with Crippen LogP contribution in [-0.2, 0) is 0 Å². The van der Waals surface area contributed by atoms with Gasteiger partial charge in [0.05, 0.1) is 23.6 Å². The van der Waals surface area contributed by atoms with Crippen LogP contribution in [0.5, 0.6) is 0 Å². The van der Waals surface area contributed by atoms with Gasteiger partial charge in [0.1, 0.15) is 6.04 Å². The number of carbonyl (C=O) groups excluding carboxylic acids is 1. The Hall–Kier alpha value is -2.06. The van der Waals surface area contributed by atoms with Gasteiger partial charge in [-0.15, -0.1) is 0 Å². The van der Waals surface area contributed by atoms with Crippen molar-refractivity contribution >= 4 is 17.5 Å². The van der Waals surface area contributed by atoms with Crippen LogP contribution in [0.15, 0.2) is 30.5 Å². The van der Waals surface area contributed by atoms with E-state index in [9.17, 15) is 18.0 Å². The summed E-state index contributed by atoms with van der Waals surface area (Å²) in [6.07, 6.45) is -3.41. The lowest BCUT2D eigenvalue weighted by atomic mass is 10.2. The maximum absolute atomic E-state index is 12.6. The second-order valence-electron chi connectivity index (χ2n) is 4.80. The monoisotopic (exact) mass is 347 g/mol. The van der Waals surface area contributed by atoms with Crippen LogP contribution in [0, 0.1) is 6.92 Å². The number of carbonyl (C=O) groups is 1. The van der Waals surface area contributed by atoms with Gasteiger partial charge in [-0.05, 0) is 31.2 Å². The third kappa shape index (κ3) is 4.02. The van der Waals surface area contributed by atoms with Crippen molar-refractivity contribution in [2.24, 2.45) is 0 Å². The largest absolute Gasteiger partial charge is 0.410 e. The number of nitrogens with one attached hydrogen (secondary N) is 1. The van der Waals surface area contributed by atoms with Gasteiger partial charge in [-0.25, -0.2) is 4.68 Å². The van der Waals surface area contributed by atoms with Crippen molar-refractivity contribution < 1.29 is 23.1 Å².